The molecule has 3 aromatic rings. The number of halogens is 1. The zero-order chi connectivity index (χ0) is 24.4. The summed E-state index contributed by atoms with van der Waals surface area (Å²) in [6, 6.07) is 21.6. The van der Waals surface area contributed by atoms with Crippen molar-refractivity contribution < 1.29 is 18.7 Å². The van der Waals surface area contributed by atoms with Gasteiger partial charge in [0.1, 0.15) is 11.6 Å². The summed E-state index contributed by atoms with van der Waals surface area (Å²) in [6.45, 7) is 2.78. The molecule has 1 aliphatic carbocycles. The molecule has 1 heterocycles. The standard InChI is InChI=1S/C29H29FN2O3/c1-19(28(33)31-18-20-5-3-2-4-6-20)35-25-14-11-21-15-16-32(29(34)23-7-8-23)27(26(21)17-25)22-9-12-24(30)13-10-22/h2-6,9-14,17,19,23,27H,7-8,15-16,18H2,1H3,(H,31,33). The van der Waals surface area contributed by atoms with Crippen molar-refractivity contribution >= 4 is 11.8 Å². The molecule has 1 N–H and O–H groups in total. The Kier molecular flexibility index (Phi) is 6.53. The van der Waals surface area contributed by atoms with E-state index in [4.69, 9.17) is 4.74 Å². The van der Waals surface area contributed by atoms with Gasteiger partial charge in [0.2, 0.25) is 5.91 Å². The first-order valence-electron chi connectivity index (χ1n) is 12.2. The monoisotopic (exact) mass is 472 g/mol. The molecule has 2 unspecified atom stereocenters. The molecule has 2 aliphatic rings. The average molecular weight is 473 g/mol. The molecule has 0 spiro atoms. The molecule has 0 radical (unpaired) electrons. The first-order valence-corrected chi connectivity index (χ1v) is 12.2. The summed E-state index contributed by atoms with van der Waals surface area (Å²) >= 11 is 0. The van der Waals surface area contributed by atoms with E-state index in [1.807, 2.05) is 53.4 Å². The third-order valence-electron chi connectivity index (χ3n) is 6.73. The molecular weight excluding hydrogens is 443 g/mol. The van der Waals surface area contributed by atoms with Crippen LogP contribution in [0.5, 0.6) is 5.75 Å². The summed E-state index contributed by atoms with van der Waals surface area (Å²) in [4.78, 5) is 27.7. The van der Waals surface area contributed by atoms with Gasteiger partial charge in [-0.3, -0.25) is 9.59 Å². The second-order valence-electron chi connectivity index (χ2n) is 9.33. The lowest BCUT2D eigenvalue weighted by atomic mass is 9.87. The van der Waals surface area contributed by atoms with Gasteiger partial charge in [-0.25, -0.2) is 4.39 Å². The summed E-state index contributed by atoms with van der Waals surface area (Å²) in [5.74, 6) is 0.306. The molecular formula is C29H29FN2O3. The van der Waals surface area contributed by atoms with E-state index in [2.05, 4.69) is 5.32 Å². The van der Waals surface area contributed by atoms with Gasteiger partial charge < -0.3 is 15.0 Å². The van der Waals surface area contributed by atoms with Crippen LogP contribution in [0.25, 0.3) is 0 Å². The zero-order valence-corrected chi connectivity index (χ0v) is 19.7. The minimum atomic E-state index is -0.686. The van der Waals surface area contributed by atoms with Crippen LogP contribution in [0, 0.1) is 11.7 Å². The van der Waals surface area contributed by atoms with Gasteiger partial charge in [0, 0.05) is 19.0 Å². The summed E-state index contributed by atoms with van der Waals surface area (Å²) in [7, 11) is 0. The minimum absolute atomic E-state index is 0.0901. The van der Waals surface area contributed by atoms with Crippen molar-refractivity contribution in [2.75, 3.05) is 6.54 Å². The van der Waals surface area contributed by atoms with E-state index >= 15 is 0 Å². The molecule has 0 aromatic heterocycles. The Morgan fingerprint density at radius 1 is 1.06 bits per heavy atom. The predicted molar refractivity (Wildman–Crippen MR) is 131 cm³/mol. The molecule has 5 nitrogen and oxygen atoms in total. The highest BCUT2D eigenvalue weighted by Crippen LogP contribution is 2.41. The Hall–Kier alpha value is -3.67. The van der Waals surface area contributed by atoms with Gasteiger partial charge in [-0.2, -0.15) is 0 Å². The highest BCUT2D eigenvalue weighted by atomic mass is 19.1. The first kappa shape index (κ1) is 23.1. The Bertz CT molecular complexity index is 1210. The lowest BCUT2D eigenvalue weighted by Crippen LogP contribution is -2.41. The van der Waals surface area contributed by atoms with Crippen molar-refractivity contribution in [2.45, 2.75) is 44.9 Å². The van der Waals surface area contributed by atoms with Gasteiger partial charge in [0.15, 0.2) is 6.10 Å². The van der Waals surface area contributed by atoms with Crippen LogP contribution in [-0.2, 0) is 22.6 Å². The van der Waals surface area contributed by atoms with Crippen LogP contribution in [0.4, 0.5) is 4.39 Å². The van der Waals surface area contributed by atoms with E-state index in [1.165, 1.54) is 12.1 Å². The summed E-state index contributed by atoms with van der Waals surface area (Å²) in [5, 5.41) is 2.91. The number of hydrogen-bond donors (Lipinski definition) is 1. The highest BCUT2D eigenvalue weighted by molar-refractivity contribution is 5.82. The molecule has 2 atom stereocenters. The fraction of sp³-hybridized carbons (Fsp3) is 0.310. The van der Waals surface area contributed by atoms with Crippen LogP contribution >= 0.6 is 0 Å². The van der Waals surface area contributed by atoms with Crippen molar-refractivity contribution in [1.82, 2.24) is 10.2 Å². The second-order valence-corrected chi connectivity index (χ2v) is 9.33. The molecule has 3 aromatic carbocycles. The van der Waals surface area contributed by atoms with Crippen LogP contribution in [0.1, 0.15) is 48.1 Å². The molecule has 0 saturated heterocycles. The van der Waals surface area contributed by atoms with Crippen LogP contribution in [0.2, 0.25) is 0 Å². The Morgan fingerprint density at radius 3 is 2.51 bits per heavy atom. The third-order valence-corrected chi connectivity index (χ3v) is 6.73. The van der Waals surface area contributed by atoms with E-state index in [-0.39, 0.29) is 29.6 Å². The van der Waals surface area contributed by atoms with Crippen molar-refractivity contribution in [2.24, 2.45) is 5.92 Å². The van der Waals surface area contributed by atoms with Gasteiger partial charge in [-0.05, 0) is 72.7 Å². The number of amides is 2. The van der Waals surface area contributed by atoms with Gasteiger partial charge in [-0.15, -0.1) is 0 Å². The summed E-state index contributed by atoms with van der Waals surface area (Å²) < 4.78 is 19.7. The fourth-order valence-electron chi connectivity index (χ4n) is 4.66. The number of benzene rings is 3. The molecule has 1 saturated carbocycles. The highest BCUT2D eigenvalue weighted by Gasteiger charge is 2.39. The molecule has 1 aliphatic heterocycles. The Balaban J connectivity index is 1.36. The van der Waals surface area contributed by atoms with Crippen LogP contribution in [0.3, 0.4) is 0 Å². The Labute approximate surface area is 204 Å². The number of carbonyl (C=O) groups is 2. The SMILES string of the molecule is CC(Oc1ccc2c(c1)C(c1ccc(F)cc1)N(C(=O)C1CC1)CC2)C(=O)NCc1ccccc1. The zero-order valence-electron chi connectivity index (χ0n) is 19.7. The quantitative estimate of drug-likeness (QED) is 0.538. The number of nitrogens with one attached hydrogen (secondary N) is 1. The van der Waals surface area contributed by atoms with Crippen LogP contribution in [-0.4, -0.2) is 29.4 Å². The maximum atomic E-state index is 13.7. The van der Waals surface area contributed by atoms with Crippen LogP contribution < -0.4 is 10.1 Å². The summed E-state index contributed by atoms with van der Waals surface area (Å²) in [6.07, 6.45) is 1.92. The van der Waals surface area contributed by atoms with E-state index < -0.39 is 6.10 Å². The number of fused-ring (bicyclic) bond motifs is 1. The fourth-order valence-corrected chi connectivity index (χ4v) is 4.66. The molecule has 180 valence electrons. The first-order chi connectivity index (χ1) is 17.0. The Morgan fingerprint density at radius 2 is 1.80 bits per heavy atom. The lowest BCUT2D eigenvalue weighted by Gasteiger charge is -2.38. The van der Waals surface area contributed by atoms with E-state index in [1.54, 1.807) is 19.1 Å². The molecule has 6 heteroatoms. The lowest BCUT2D eigenvalue weighted by molar-refractivity contribution is -0.134. The maximum Gasteiger partial charge on any atom is 0.261 e. The summed E-state index contributed by atoms with van der Waals surface area (Å²) in [5.41, 5.74) is 3.98. The van der Waals surface area contributed by atoms with Crippen molar-refractivity contribution in [1.29, 1.82) is 0 Å². The van der Waals surface area contributed by atoms with Gasteiger partial charge in [0.25, 0.3) is 5.91 Å². The largest absolute Gasteiger partial charge is 0.481 e. The minimum Gasteiger partial charge on any atom is -0.481 e. The number of carbonyl (C=O) groups excluding carboxylic acids is 2. The molecule has 5 rings (SSSR count). The predicted octanol–water partition coefficient (Wildman–Crippen LogP) is 4.79. The van der Waals surface area contributed by atoms with Crippen molar-refractivity contribution in [3.8, 4) is 5.75 Å². The smallest absolute Gasteiger partial charge is 0.261 e. The second kappa shape index (κ2) is 9.90. The van der Waals surface area contributed by atoms with Crippen molar-refractivity contribution in [3.63, 3.8) is 0 Å². The number of nitrogens with zero attached hydrogens (tertiary/aromatic N) is 1. The molecule has 1 fully saturated rings. The molecule has 0 bridgehead atoms. The van der Waals surface area contributed by atoms with E-state index in [9.17, 15) is 14.0 Å². The number of rotatable bonds is 7. The molecule has 2 amide bonds. The van der Waals surface area contributed by atoms with Gasteiger partial charge in [0.05, 0.1) is 6.04 Å². The molecule has 35 heavy (non-hydrogen) atoms. The maximum absolute atomic E-state index is 13.7. The average Bonchev–Trinajstić information content (AvgIpc) is 3.73. The van der Waals surface area contributed by atoms with Crippen molar-refractivity contribution in [3.05, 3.63) is 101 Å². The van der Waals surface area contributed by atoms with E-state index in [0.717, 1.165) is 41.5 Å². The van der Waals surface area contributed by atoms with Gasteiger partial charge >= 0.3 is 0 Å². The van der Waals surface area contributed by atoms with E-state index in [0.29, 0.717) is 18.8 Å². The van der Waals surface area contributed by atoms with Crippen LogP contribution in [0.15, 0.2) is 72.8 Å². The normalized spacial score (nSPS) is 17.9. The van der Waals surface area contributed by atoms with Gasteiger partial charge in [-0.1, -0.05) is 48.5 Å². The number of hydrogen-bond acceptors (Lipinski definition) is 3. The number of ether oxygens (including phenoxy) is 1. The third kappa shape index (κ3) is 5.21. The topological polar surface area (TPSA) is 58.6 Å².